The molecule has 25 heavy (non-hydrogen) atoms. The lowest BCUT2D eigenvalue weighted by Crippen LogP contribution is -1.99. The van der Waals surface area contributed by atoms with Gasteiger partial charge in [-0.3, -0.25) is 5.43 Å². The lowest BCUT2D eigenvalue weighted by Gasteiger charge is -2.03. The Morgan fingerprint density at radius 1 is 1.16 bits per heavy atom. The number of hydrogen-bond donors (Lipinski definition) is 1. The van der Waals surface area contributed by atoms with Crippen LogP contribution >= 0.6 is 27.3 Å². The Labute approximate surface area is 157 Å². The van der Waals surface area contributed by atoms with Gasteiger partial charge in [0.05, 0.1) is 11.4 Å². The van der Waals surface area contributed by atoms with Crippen molar-refractivity contribution in [3.05, 3.63) is 57.9 Å². The fourth-order valence-corrected chi connectivity index (χ4v) is 3.32. The van der Waals surface area contributed by atoms with Crippen molar-refractivity contribution in [3.63, 3.8) is 0 Å². The standard InChI is InChI=1S/C18H14BrN3O2S/c1-11(13-4-7-16-17(8-13)24-10-23-16)21-22-18-20-15(9-25-18)12-2-5-14(19)6-3-12/h2-9H,10H2,1H3,(H,20,22)/b21-11+. The Morgan fingerprint density at radius 3 is 2.80 bits per heavy atom. The van der Waals surface area contributed by atoms with Crippen molar-refractivity contribution in [1.29, 1.82) is 0 Å². The topological polar surface area (TPSA) is 55.7 Å². The highest BCUT2D eigenvalue weighted by atomic mass is 79.9. The zero-order valence-corrected chi connectivity index (χ0v) is 15.7. The second kappa shape index (κ2) is 6.85. The zero-order valence-electron chi connectivity index (χ0n) is 13.3. The van der Waals surface area contributed by atoms with Crippen molar-refractivity contribution < 1.29 is 9.47 Å². The van der Waals surface area contributed by atoms with Crippen LogP contribution in [-0.4, -0.2) is 17.5 Å². The van der Waals surface area contributed by atoms with Crippen LogP contribution in [0.25, 0.3) is 11.3 Å². The number of benzene rings is 2. The van der Waals surface area contributed by atoms with Crippen molar-refractivity contribution in [2.24, 2.45) is 5.10 Å². The van der Waals surface area contributed by atoms with Crippen molar-refractivity contribution in [2.45, 2.75) is 6.92 Å². The molecule has 0 amide bonds. The first-order valence-electron chi connectivity index (χ1n) is 7.61. The predicted octanol–water partition coefficient (Wildman–Crippen LogP) is 5.14. The summed E-state index contributed by atoms with van der Waals surface area (Å²) in [7, 11) is 0. The van der Waals surface area contributed by atoms with Gasteiger partial charge in [-0.1, -0.05) is 28.1 Å². The number of thiazole rings is 1. The lowest BCUT2D eigenvalue weighted by atomic mass is 10.1. The van der Waals surface area contributed by atoms with Crippen molar-refractivity contribution >= 4 is 38.1 Å². The Hall–Kier alpha value is -2.38. The molecule has 0 unspecified atom stereocenters. The monoisotopic (exact) mass is 415 g/mol. The van der Waals surface area contributed by atoms with Crippen molar-refractivity contribution in [3.8, 4) is 22.8 Å². The molecule has 0 spiro atoms. The van der Waals surface area contributed by atoms with Gasteiger partial charge in [-0.15, -0.1) is 11.3 Å². The molecule has 2 aromatic carbocycles. The van der Waals surface area contributed by atoms with E-state index in [0.29, 0.717) is 0 Å². The molecule has 1 aromatic heterocycles. The summed E-state index contributed by atoms with van der Waals surface area (Å²) in [6.45, 7) is 2.21. The first-order valence-corrected chi connectivity index (χ1v) is 9.28. The first-order chi connectivity index (χ1) is 12.2. The minimum atomic E-state index is 0.269. The van der Waals surface area contributed by atoms with E-state index in [2.05, 4.69) is 31.4 Å². The fourth-order valence-electron chi connectivity index (χ4n) is 2.40. The Bertz CT molecular complexity index is 938. The number of aromatic nitrogens is 1. The summed E-state index contributed by atoms with van der Waals surface area (Å²) in [5, 5.41) is 7.18. The minimum Gasteiger partial charge on any atom is -0.454 e. The van der Waals surface area contributed by atoms with Gasteiger partial charge in [0, 0.05) is 21.0 Å². The molecule has 0 atom stereocenters. The van der Waals surface area contributed by atoms with E-state index in [4.69, 9.17) is 9.47 Å². The van der Waals surface area contributed by atoms with E-state index in [1.807, 2.05) is 54.8 Å². The van der Waals surface area contributed by atoms with Gasteiger partial charge < -0.3 is 9.47 Å². The number of rotatable bonds is 4. The largest absolute Gasteiger partial charge is 0.454 e. The number of ether oxygens (including phenoxy) is 2. The molecule has 1 aliphatic rings. The van der Waals surface area contributed by atoms with Gasteiger partial charge in [-0.05, 0) is 37.3 Å². The Morgan fingerprint density at radius 2 is 1.96 bits per heavy atom. The fraction of sp³-hybridized carbons (Fsp3) is 0.111. The van der Waals surface area contributed by atoms with Crippen LogP contribution in [0.15, 0.2) is 57.4 Å². The second-order valence-electron chi connectivity index (χ2n) is 5.42. The van der Waals surface area contributed by atoms with Crippen LogP contribution in [0, 0.1) is 0 Å². The quantitative estimate of drug-likeness (QED) is 0.473. The lowest BCUT2D eigenvalue weighted by molar-refractivity contribution is 0.174. The highest BCUT2D eigenvalue weighted by molar-refractivity contribution is 9.10. The van der Waals surface area contributed by atoms with E-state index >= 15 is 0 Å². The number of anilines is 1. The van der Waals surface area contributed by atoms with Crippen LogP contribution in [-0.2, 0) is 0 Å². The maximum Gasteiger partial charge on any atom is 0.231 e. The van der Waals surface area contributed by atoms with Gasteiger partial charge in [0.25, 0.3) is 0 Å². The SMILES string of the molecule is C/C(=N\Nc1nc(-c2ccc(Br)cc2)cs1)c1ccc2c(c1)OCO2. The Kier molecular flexibility index (Phi) is 4.42. The van der Waals surface area contributed by atoms with Gasteiger partial charge in [0.2, 0.25) is 11.9 Å². The smallest absolute Gasteiger partial charge is 0.231 e. The first kappa shape index (κ1) is 16.1. The van der Waals surface area contributed by atoms with E-state index in [-0.39, 0.29) is 6.79 Å². The summed E-state index contributed by atoms with van der Waals surface area (Å²) in [5.74, 6) is 1.52. The number of fused-ring (bicyclic) bond motifs is 1. The molecular formula is C18H14BrN3O2S. The van der Waals surface area contributed by atoms with Crippen molar-refractivity contribution in [2.75, 3.05) is 12.2 Å². The van der Waals surface area contributed by atoms with Gasteiger partial charge in [0.1, 0.15) is 0 Å². The van der Waals surface area contributed by atoms with Crippen LogP contribution in [0.4, 0.5) is 5.13 Å². The van der Waals surface area contributed by atoms with Gasteiger partial charge in [0.15, 0.2) is 11.5 Å². The van der Waals surface area contributed by atoms with Crippen molar-refractivity contribution in [1.82, 2.24) is 4.98 Å². The molecule has 2 heterocycles. The molecule has 126 valence electrons. The molecule has 0 saturated carbocycles. The van der Waals surface area contributed by atoms with E-state index in [1.54, 1.807) is 0 Å². The number of nitrogens with one attached hydrogen (secondary N) is 1. The number of nitrogens with zero attached hydrogens (tertiary/aromatic N) is 2. The second-order valence-corrected chi connectivity index (χ2v) is 7.20. The molecule has 0 bridgehead atoms. The summed E-state index contributed by atoms with van der Waals surface area (Å²) in [6, 6.07) is 13.9. The molecule has 3 aromatic rings. The molecule has 0 radical (unpaired) electrons. The minimum absolute atomic E-state index is 0.269. The van der Waals surface area contributed by atoms with Gasteiger partial charge in [-0.25, -0.2) is 4.98 Å². The molecule has 0 fully saturated rings. The molecular weight excluding hydrogens is 402 g/mol. The zero-order chi connectivity index (χ0) is 17.2. The highest BCUT2D eigenvalue weighted by Gasteiger charge is 2.14. The maximum absolute atomic E-state index is 5.40. The normalized spacial score (nSPS) is 13.1. The van der Waals surface area contributed by atoms with E-state index in [0.717, 1.165) is 43.6 Å². The number of hydrogen-bond acceptors (Lipinski definition) is 6. The highest BCUT2D eigenvalue weighted by Crippen LogP contribution is 2.32. The molecule has 1 aliphatic heterocycles. The average molecular weight is 416 g/mol. The van der Waals surface area contributed by atoms with Crippen LogP contribution in [0.2, 0.25) is 0 Å². The third-order valence-corrected chi connectivity index (χ3v) is 5.03. The third kappa shape index (κ3) is 3.52. The number of halogens is 1. The van der Waals surface area contributed by atoms with Crippen LogP contribution in [0.5, 0.6) is 11.5 Å². The van der Waals surface area contributed by atoms with Crippen LogP contribution in [0.3, 0.4) is 0 Å². The van der Waals surface area contributed by atoms with Crippen LogP contribution in [0.1, 0.15) is 12.5 Å². The summed E-state index contributed by atoms with van der Waals surface area (Å²) >= 11 is 4.96. The summed E-state index contributed by atoms with van der Waals surface area (Å²) < 4.78 is 11.8. The molecule has 4 rings (SSSR count). The summed E-state index contributed by atoms with van der Waals surface area (Å²) in [6.07, 6.45) is 0. The molecule has 5 nitrogen and oxygen atoms in total. The summed E-state index contributed by atoms with van der Waals surface area (Å²) in [5.41, 5.74) is 6.85. The molecule has 0 saturated heterocycles. The molecule has 1 N–H and O–H groups in total. The molecule has 7 heteroatoms. The number of hydrazone groups is 1. The van der Waals surface area contributed by atoms with E-state index in [1.165, 1.54) is 11.3 Å². The predicted molar refractivity (Wildman–Crippen MR) is 104 cm³/mol. The Balaban J connectivity index is 1.49. The average Bonchev–Trinajstić information content (AvgIpc) is 3.29. The van der Waals surface area contributed by atoms with E-state index < -0.39 is 0 Å². The van der Waals surface area contributed by atoms with Gasteiger partial charge in [-0.2, -0.15) is 5.10 Å². The van der Waals surface area contributed by atoms with Gasteiger partial charge >= 0.3 is 0 Å². The van der Waals surface area contributed by atoms with E-state index in [9.17, 15) is 0 Å². The molecule has 0 aliphatic carbocycles. The maximum atomic E-state index is 5.40. The van der Waals surface area contributed by atoms with Crippen LogP contribution < -0.4 is 14.9 Å². The third-order valence-electron chi connectivity index (χ3n) is 3.75. The summed E-state index contributed by atoms with van der Waals surface area (Å²) in [4.78, 5) is 4.57.